The number of rotatable bonds is 3. The lowest BCUT2D eigenvalue weighted by Crippen LogP contribution is -2.23. The molecule has 0 aliphatic rings. The van der Waals surface area contributed by atoms with Crippen molar-refractivity contribution in [2.75, 3.05) is 0 Å². The number of nitrogens with zero attached hydrogens (tertiary/aromatic N) is 1. The van der Waals surface area contributed by atoms with E-state index in [1.807, 2.05) is 0 Å². The van der Waals surface area contributed by atoms with Crippen molar-refractivity contribution >= 4 is 29.1 Å². The lowest BCUT2D eigenvalue weighted by Gasteiger charge is -2.00. The minimum Gasteiger partial charge on any atom is -0.345 e. The van der Waals surface area contributed by atoms with E-state index in [1.165, 1.54) is 6.07 Å². The van der Waals surface area contributed by atoms with Crippen molar-refractivity contribution in [3.05, 3.63) is 39.9 Å². The van der Waals surface area contributed by atoms with Crippen LogP contribution in [0.3, 0.4) is 0 Å². The van der Waals surface area contributed by atoms with E-state index in [9.17, 15) is 4.79 Å². The Morgan fingerprint density at radius 2 is 2.31 bits per heavy atom. The molecular weight excluding hydrogens is 251 g/mol. The highest BCUT2D eigenvalue weighted by Gasteiger charge is 2.11. The number of hydrogen-bond acceptors (Lipinski definition) is 2. The Bertz CT molecular complexity index is 472. The number of amides is 1. The number of halogens is 2. The molecule has 7 heteroatoms. The zero-order valence-corrected chi connectivity index (χ0v) is 9.56. The van der Waals surface area contributed by atoms with E-state index in [0.717, 1.165) is 5.69 Å². The van der Waals surface area contributed by atoms with Gasteiger partial charge in [0, 0.05) is 6.20 Å². The Balaban J connectivity index is 1.98. The lowest BCUT2D eigenvalue weighted by molar-refractivity contribution is 0.0946. The SMILES string of the molecule is O=C(NCc1ccn[nH]1)c1cc(Cl)c(Cl)[nH]1. The standard InChI is InChI=1S/C9H8Cl2N4O/c10-6-3-7(14-8(6)11)9(16)12-4-5-1-2-13-15-5/h1-3,14H,4H2,(H,12,16)(H,13,15). The summed E-state index contributed by atoms with van der Waals surface area (Å²) < 4.78 is 0. The minimum absolute atomic E-state index is 0.258. The van der Waals surface area contributed by atoms with E-state index >= 15 is 0 Å². The quantitative estimate of drug-likeness (QED) is 0.788. The van der Waals surface area contributed by atoms with Crippen molar-refractivity contribution in [1.29, 1.82) is 0 Å². The summed E-state index contributed by atoms with van der Waals surface area (Å²) in [6.07, 6.45) is 1.61. The van der Waals surface area contributed by atoms with Crippen LogP contribution in [0.1, 0.15) is 16.2 Å². The van der Waals surface area contributed by atoms with E-state index in [-0.39, 0.29) is 11.1 Å². The number of hydrogen-bond donors (Lipinski definition) is 3. The van der Waals surface area contributed by atoms with Gasteiger partial charge < -0.3 is 10.3 Å². The van der Waals surface area contributed by atoms with Crippen molar-refractivity contribution in [1.82, 2.24) is 20.5 Å². The highest BCUT2D eigenvalue weighted by atomic mass is 35.5. The maximum atomic E-state index is 11.6. The number of carbonyl (C=O) groups is 1. The van der Waals surface area contributed by atoms with Crippen LogP contribution in [0.2, 0.25) is 10.2 Å². The van der Waals surface area contributed by atoms with Crippen LogP contribution in [-0.2, 0) is 6.54 Å². The summed E-state index contributed by atoms with van der Waals surface area (Å²) in [5, 5.41) is 9.77. The third-order valence-electron chi connectivity index (χ3n) is 1.97. The smallest absolute Gasteiger partial charge is 0.268 e. The Hall–Kier alpha value is -1.46. The first-order valence-corrected chi connectivity index (χ1v) is 5.23. The summed E-state index contributed by atoms with van der Waals surface area (Å²) in [5.74, 6) is -0.275. The second-order valence-corrected chi connectivity index (χ2v) is 3.89. The van der Waals surface area contributed by atoms with Crippen LogP contribution in [0.5, 0.6) is 0 Å². The summed E-state index contributed by atoms with van der Waals surface area (Å²) in [5.41, 5.74) is 1.15. The molecule has 0 fully saturated rings. The number of nitrogens with one attached hydrogen (secondary N) is 3. The fraction of sp³-hybridized carbons (Fsp3) is 0.111. The molecule has 0 radical (unpaired) electrons. The molecule has 3 N–H and O–H groups in total. The lowest BCUT2D eigenvalue weighted by atomic mass is 10.4. The molecule has 1 amide bonds. The zero-order valence-electron chi connectivity index (χ0n) is 8.05. The van der Waals surface area contributed by atoms with Gasteiger partial charge in [-0.2, -0.15) is 5.10 Å². The van der Waals surface area contributed by atoms with Crippen LogP contribution in [0.15, 0.2) is 18.3 Å². The van der Waals surface area contributed by atoms with Gasteiger partial charge in [0.05, 0.1) is 17.3 Å². The fourth-order valence-corrected chi connectivity index (χ4v) is 1.49. The first-order chi connectivity index (χ1) is 7.66. The predicted octanol–water partition coefficient (Wildman–Crippen LogP) is 1.97. The minimum atomic E-state index is -0.275. The summed E-state index contributed by atoms with van der Waals surface area (Å²) in [7, 11) is 0. The molecule has 84 valence electrons. The largest absolute Gasteiger partial charge is 0.345 e. The Kier molecular flexibility index (Phi) is 3.17. The molecule has 2 aromatic rings. The second-order valence-electron chi connectivity index (χ2n) is 3.11. The van der Waals surface area contributed by atoms with Gasteiger partial charge in [0.15, 0.2) is 0 Å². The highest BCUT2D eigenvalue weighted by Crippen LogP contribution is 2.21. The molecule has 0 saturated heterocycles. The average Bonchev–Trinajstić information content (AvgIpc) is 2.86. The normalized spacial score (nSPS) is 10.4. The predicted molar refractivity (Wildman–Crippen MR) is 60.6 cm³/mol. The Morgan fingerprint density at radius 3 is 2.88 bits per heavy atom. The van der Waals surface area contributed by atoms with Crippen molar-refractivity contribution in [2.24, 2.45) is 0 Å². The van der Waals surface area contributed by atoms with E-state index < -0.39 is 0 Å². The van der Waals surface area contributed by atoms with Crippen LogP contribution >= 0.6 is 23.2 Å². The summed E-state index contributed by atoms with van der Waals surface area (Å²) in [4.78, 5) is 14.3. The Labute approximate surface area is 101 Å². The van der Waals surface area contributed by atoms with E-state index in [0.29, 0.717) is 17.3 Å². The molecule has 5 nitrogen and oxygen atoms in total. The van der Waals surface area contributed by atoms with Crippen molar-refractivity contribution in [3.8, 4) is 0 Å². The van der Waals surface area contributed by atoms with Gasteiger partial charge in [-0.15, -0.1) is 0 Å². The van der Waals surface area contributed by atoms with E-state index in [2.05, 4.69) is 20.5 Å². The van der Waals surface area contributed by atoms with Gasteiger partial charge >= 0.3 is 0 Å². The van der Waals surface area contributed by atoms with Crippen molar-refractivity contribution < 1.29 is 4.79 Å². The van der Waals surface area contributed by atoms with Crippen LogP contribution in [-0.4, -0.2) is 21.1 Å². The average molecular weight is 259 g/mol. The topological polar surface area (TPSA) is 73.6 Å². The fourth-order valence-electron chi connectivity index (χ4n) is 1.18. The molecule has 2 aromatic heterocycles. The molecule has 16 heavy (non-hydrogen) atoms. The van der Waals surface area contributed by atoms with Gasteiger partial charge in [0.25, 0.3) is 5.91 Å². The third-order valence-corrected chi connectivity index (χ3v) is 2.66. The van der Waals surface area contributed by atoms with Gasteiger partial charge in [-0.05, 0) is 12.1 Å². The number of aromatic nitrogens is 3. The molecule has 0 aliphatic heterocycles. The second kappa shape index (κ2) is 4.59. The third kappa shape index (κ3) is 2.37. The molecule has 0 aromatic carbocycles. The van der Waals surface area contributed by atoms with Gasteiger partial charge in [-0.1, -0.05) is 23.2 Å². The molecule has 0 spiro atoms. The number of carbonyl (C=O) groups excluding carboxylic acids is 1. The van der Waals surface area contributed by atoms with Gasteiger partial charge in [-0.25, -0.2) is 0 Å². The van der Waals surface area contributed by atoms with Crippen LogP contribution < -0.4 is 5.32 Å². The molecular formula is C9H8Cl2N4O. The summed E-state index contributed by atoms with van der Waals surface area (Å²) >= 11 is 11.4. The maximum absolute atomic E-state index is 11.6. The number of aromatic amines is 2. The first-order valence-electron chi connectivity index (χ1n) is 4.47. The molecule has 2 rings (SSSR count). The van der Waals surface area contributed by atoms with Crippen molar-refractivity contribution in [3.63, 3.8) is 0 Å². The molecule has 0 aliphatic carbocycles. The van der Waals surface area contributed by atoms with Crippen LogP contribution in [0.4, 0.5) is 0 Å². The van der Waals surface area contributed by atoms with Crippen molar-refractivity contribution in [2.45, 2.75) is 6.54 Å². The number of H-pyrrole nitrogens is 2. The zero-order chi connectivity index (χ0) is 11.5. The monoisotopic (exact) mass is 258 g/mol. The molecule has 0 unspecified atom stereocenters. The van der Waals surface area contributed by atoms with Crippen LogP contribution in [0.25, 0.3) is 0 Å². The van der Waals surface area contributed by atoms with Gasteiger partial charge in [-0.3, -0.25) is 9.89 Å². The van der Waals surface area contributed by atoms with Crippen LogP contribution in [0, 0.1) is 0 Å². The van der Waals surface area contributed by atoms with E-state index in [1.54, 1.807) is 12.3 Å². The van der Waals surface area contributed by atoms with Gasteiger partial charge in [0.2, 0.25) is 0 Å². The maximum Gasteiger partial charge on any atom is 0.268 e. The van der Waals surface area contributed by atoms with Gasteiger partial charge in [0.1, 0.15) is 10.8 Å². The summed E-state index contributed by atoms with van der Waals surface area (Å²) in [6, 6.07) is 3.25. The van der Waals surface area contributed by atoms with E-state index in [4.69, 9.17) is 23.2 Å². The molecule has 0 saturated carbocycles. The summed E-state index contributed by atoms with van der Waals surface area (Å²) in [6.45, 7) is 0.368. The molecule has 0 bridgehead atoms. The first kappa shape index (κ1) is 11.0. The highest BCUT2D eigenvalue weighted by molar-refractivity contribution is 6.41. The Morgan fingerprint density at radius 1 is 1.50 bits per heavy atom. The molecule has 2 heterocycles. The molecule has 0 atom stereocenters.